The predicted molar refractivity (Wildman–Crippen MR) is 79.2 cm³/mol. The number of benzene rings is 1. The molecular weight excluding hydrogens is 270 g/mol. The van der Waals surface area contributed by atoms with E-state index in [1.807, 2.05) is 43.3 Å². The second-order valence-electron chi connectivity index (χ2n) is 4.95. The number of likely N-dealkylation sites (N-methyl/N-ethyl adjacent to an activating group) is 1. The summed E-state index contributed by atoms with van der Waals surface area (Å²) < 4.78 is 11.1. The van der Waals surface area contributed by atoms with Crippen LogP contribution in [0.1, 0.15) is 16.4 Å². The molecule has 0 bridgehead atoms. The molecule has 0 aliphatic rings. The number of carbonyl (C=O) groups is 1. The fraction of sp³-hybridized carbons (Fsp3) is 0.333. The summed E-state index contributed by atoms with van der Waals surface area (Å²) in [5, 5.41) is 0. The van der Waals surface area contributed by atoms with Gasteiger partial charge in [0.25, 0.3) is 5.91 Å². The van der Waals surface area contributed by atoms with Crippen LogP contribution in [0.25, 0.3) is 11.3 Å². The summed E-state index contributed by atoms with van der Waals surface area (Å²) in [7, 11) is 3.98. The molecule has 2 aromatic rings. The number of hydrogen-bond acceptors (Lipinski definition) is 5. The Hall–Kier alpha value is -2.34. The third-order valence-electron chi connectivity index (χ3n) is 2.89. The van der Waals surface area contributed by atoms with Crippen LogP contribution in [0.3, 0.4) is 0 Å². The molecular formula is C15H19N3O3. The van der Waals surface area contributed by atoms with Gasteiger partial charge in [-0.2, -0.15) is 0 Å². The first kappa shape index (κ1) is 15.1. The molecule has 0 saturated carbocycles. The summed E-state index contributed by atoms with van der Waals surface area (Å²) >= 11 is 0. The van der Waals surface area contributed by atoms with Gasteiger partial charge in [0.05, 0.1) is 0 Å². The monoisotopic (exact) mass is 289 g/mol. The van der Waals surface area contributed by atoms with Gasteiger partial charge in [-0.05, 0) is 38.4 Å². The first-order valence-corrected chi connectivity index (χ1v) is 6.62. The molecule has 1 amide bonds. The first-order valence-electron chi connectivity index (χ1n) is 6.62. The van der Waals surface area contributed by atoms with Gasteiger partial charge in [-0.3, -0.25) is 4.79 Å². The van der Waals surface area contributed by atoms with E-state index in [1.165, 1.54) is 0 Å². The molecule has 0 aliphatic heterocycles. The third kappa shape index (κ3) is 3.82. The number of oxazole rings is 1. The smallest absolute Gasteiger partial charge is 0.271 e. The quantitative estimate of drug-likeness (QED) is 0.875. The predicted octanol–water partition coefficient (Wildman–Crippen LogP) is 1.69. The number of nitrogens with zero attached hydrogens (tertiary/aromatic N) is 2. The SMILES string of the molecule is Cc1nc(C(N)=O)c(-c2ccc(OCCN(C)C)cc2)o1. The van der Waals surface area contributed by atoms with Crippen molar-refractivity contribution >= 4 is 5.91 Å². The number of amides is 1. The van der Waals surface area contributed by atoms with Crippen LogP contribution in [0.15, 0.2) is 28.7 Å². The van der Waals surface area contributed by atoms with Gasteiger partial charge in [0, 0.05) is 19.0 Å². The highest BCUT2D eigenvalue weighted by Gasteiger charge is 2.17. The van der Waals surface area contributed by atoms with E-state index >= 15 is 0 Å². The third-order valence-corrected chi connectivity index (χ3v) is 2.89. The van der Waals surface area contributed by atoms with Crippen molar-refractivity contribution in [3.63, 3.8) is 0 Å². The zero-order valence-electron chi connectivity index (χ0n) is 12.4. The van der Waals surface area contributed by atoms with Gasteiger partial charge in [0.15, 0.2) is 17.3 Å². The minimum absolute atomic E-state index is 0.147. The van der Waals surface area contributed by atoms with Crippen LogP contribution in [-0.4, -0.2) is 43.0 Å². The number of primary amides is 1. The summed E-state index contributed by atoms with van der Waals surface area (Å²) in [5.74, 6) is 0.954. The molecule has 2 rings (SSSR count). The average Bonchev–Trinajstić information content (AvgIpc) is 2.81. The minimum Gasteiger partial charge on any atom is -0.492 e. The number of aryl methyl sites for hydroxylation is 1. The highest BCUT2D eigenvalue weighted by molar-refractivity contribution is 5.96. The van der Waals surface area contributed by atoms with Gasteiger partial charge in [-0.15, -0.1) is 0 Å². The Kier molecular flexibility index (Phi) is 4.59. The number of carbonyl (C=O) groups excluding carboxylic acids is 1. The molecule has 0 saturated heterocycles. The second kappa shape index (κ2) is 6.41. The topological polar surface area (TPSA) is 81.6 Å². The molecule has 0 fully saturated rings. The van der Waals surface area contributed by atoms with Crippen LogP contribution in [-0.2, 0) is 0 Å². The molecule has 0 unspecified atom stereocenters. The van der Waals surface area contributed by atoms with Crippen LogP contribution < -0.4 is 10.5 Å². The Bertz CT molecular complexity index is 618. The van der Waals surface area contributed by atoms with Gasteiger partial charge in [0.1, 0.15) is 12.4 Å². The molecule has 0 spiro atoms. The lowest BCUT2D eigenvalue weighted by atomic mass is 10.1. The highest BCUT2D eigenvalue weighted by Crippen LogP contribution is 2.26. The van der Waals surface area contributed by atoms with Crippen molar-refractivity contribution in [2.45, 2.75) is 6.92 Å². The highest BCUT2D eigenvalue weighted by atomic mass is 16.5. The largest absolute Gasteiger partial charge is 0.492 e. The standard InChI is InChI=1S/C15H19N3O3/c1-10-17-13(15(16)19)14(21-10)11-4-6-12(7-5-11)20-9-8-18(2)3/h4-7H,8-9H2,1-3H3,(H2,16,19). The van der Waals surface area contributed by atoms with Crippen molar-refractivity contribution in [3.8, 4) is 17.1 Å². The van der Waals surface area contributed by atoms with Crippen molar-refractivity contribution in [1.29, 1.82) is 0 Å². The lowest BCUT2D eigenvalue weighted by Crippen LogP contribution is -2.19. The zero-order valence-corrected chi connectivity index (χ0v) is 12.4. The molecule has 6 heteroatoms. The van der Waals surface area contributed by atoms with E-state index < -0.39 is 5.91 Å². The van der Waals surface area contributed by atoms with Crippen molar-refractivity contribution in [2.75, 3.05) is 27.2 Å². The number of hydrogen-bond donors (Lipinski definition) is 1. The maximum absolute atomic E-state index is 11.4. The average molecular weight is 289 g/mol. The summed E-state index contributed by atoms with van der Waals surface area (Å²) in [6.45, 7) is 3.13. The van der Waals surface area contributed by atoms with Gasteiger partial charge < -0.3 is 19.8 Å². The van der Waals surface area contributed by atoms with E-state index in [9.17, 15) is 4.79 Å². The van der Waals surface area contributed by atoms with Crippen LogP contribution >= 0.6 is 0 Å². The summed E-state index contributed by atoms with van der Waals surface area (Å²) in [6, 6.07) is 7.29. The van der Waals surface area contributed by atoms with E-state index in [0.717, 1.165) is 17.9 Å². The first-order chi connectivity index (χ1) is 9.97. The van der Waals surface area contributed by atoms with Crippen molar-refractivity contribution in [2.24, 2.45) is 5.73 Å². The van der Waals surface area contributed by atoms with Crippen LogP contribution in [0.2, 0.25) is 0 Å². The lowest BCUT2D eigenvalue weighted by molar-refractivity contribution is 0.0996. The lowest BCUT2D eigenvalue weighted by Gasteiger charge is -2.11. The van der Waals surface area contributed by atoms with Gasteiger partial charge >= 0.3 is 0 Å². The van der Waals surface area contributed by atoms with E-state index in [0.29, 0.717) is 18.3 Å². The number of ether oxygens (including phenoxy) is 1. The second-order valence-corrected chi connectivity index (χ2v) is 4.95. The Morgan fingerprint density at radius 1 is 1.33 bits per heavy atom. The van der Waals surface area contributed by atoms with Gasteiger partial charge in [0.2, 0.25) is 0 Å². The molecule has 6 nitrogen and oxygen atoms in total. The van der Waals surface area contributed by atoms with Crippen LogP contribution in [0.5, 0.6) is 5.75 Å². The summed E-state index contributed by atoms with van der Waals surface area (Å²) in [6.07, 6.45) is 0. The van der Waals surface area contributed by atoms with Crippen molar-refractivity contribution < 1.29 is 13.9 Å². The van der Waals surface area contributed by atoms with Gasteiger partial charge in [-0.1, -0.05) is 0 Å². The molecule has 1 aromatic heterocycles. The molecule has 112 valence electrons. The molecule has 1 aromatic carbocycles. The van der Waals surface area contributed by atoms with Crippen LogP contribution in [0.4, 0.5) is 0 Å². The molecule has 21 heavy (non-hydrogen) atoms. The number of rotatable bonds is 6. The maximum Gasteiger partial charge on any atom is 0.271 e. The molecule has 2 N–H and O–H groups in total. The maximum atomic E-state index is 11.4. The minimum atomic E-state index is -0.604. The number of nitrogens with two attached hydrogens (primary N) is 1. The zero-order chi connectivity index (χ0) is 15.4. The summed E-state index contributed by atoms with van der Waals surface area (Å²) in [5.41, 5.74) is 6.19. The van der Waals surface area contributed by atoms with E-state index in [-0.39, 0.29) is 5.69 Å². The van der Waals surface area contributed by atoms with E-state index in [4.69, 9.17) is 14.9 Å². The van der Waals surface area contributed by atoms with Gasteiger partial charge in [-0.25, -0.2) is 4.98 Å². The Morgan fingerprint density at radius 3 is 2.57 bits per heavy atom. The Morgan fingerprint density at radius 2 is 2.00 bits per heavy atom. The van der Waals surface area contributed by atoms with E-state index in [1.54, 1.807) is 6.92 Å². The van der Waals surface area contributed by atoms with Crippen molar-refractivity contribution in [1.82, 2.24) is 9.88 Å². The van der Waals surface area contributed by atoms with Crippen LogP contribution in [0, 0.1) is 6.92 Å². The fourth-order valence-electron chi connectivity index (χ4n) is 1.84. The number of aromatic nitrogens is 1. The fourth-order valence-corrected chi connectivity index (χ4v) is 1.84. The van der Waals surface area contributed by atoms with E-state index in [2.05, 4.69) is 4.98 Å². The molecule has 0 aliphatic carbocycles. The normalized spacial score (nSPS) is 10.9. The molecule has 0 atom stereocenters. The molecule has 1 heterocycles. The Balaban J connectivity index is 2.14. The van der Waals surface area contributed by atoms with Crippen molar-refractivity contribution in [3.05, 3.63) is 35.9 Å². The summed E-state index contributed by atoms with van der Waals surface area (Å²) in [4.78, 5) is 17.4. The Labute approximate surface area is 123 Å². The molecule has 0 radical (unpaired) electrons.